The molecular formula is C14H11N5. The van der Waals surface area contributed by atoms with E-state index in [0.717, 1.165) is 5.69 Å². The van der Waals surface area contributed by atoms with E-state index in [-0.39, 0.29) is 11.5 Å². The molecule has 5 nitrogen and oxygen atoms in total. The van der Waals surface area contributed by atoms with Crippen LogP contribution in [0.1, 0.15) is 5.69 Å². The Balaban J connectivity index is 2.57. The maximum Gasteiger partial charge on any atom is 0.280 e. The van der Waals surface area contributed by atoms with E-state index in [1.54, 1.807) is 18.3 Å². The molecule has 2 aromatic rings. The van der Waals surface area contributed by atoms with E-state index < -0.39 is 0 Å². The molecule has 0 aliphatic rings. The van der Waals surface area contributed by atoms with Crippen LogP contribution in [0, 0.1) is 17.9 Å². The van der Waals surface area contributed by atoms with Gasteiger partial charge in [-0.05, 0) is 18.2 Å². The summed E-state index contributed by atoms with van der Waals surface area (Å²) in [6.45, 7) is 7.16. The lowest BCUT2D eigenvalue weighted by Crippen LogP contribution is -2.08. The molecule has 0 aliphatic heterocycles. The highest BCUT2D eigenvalue weighted by Crippen LogP contribution is 2.29. The lowest BCUT2D eigenvalue weighted by Gasteiger charge is -2.13. The van der Waals surface area contributed by atoms with Crippen LogP contribution in [0.25, 0.3) is 16.1 Å². The van der Waals surface area contributed by atoms with Gasteiger partial charge >= 0.3 is 0 Å². The smallest absolute Gasteiger partial charge is 0.280 e. The topological polar surface area (TPSA) is 57.2 Å². The van der Waals surface area contributed by atoms with Crippen molar-refractivity contribution in [2.24, 2.45) is 0 Å². The first-order chi connectivity index (χ1) is 9.15. The molecule has 0 amide bonds. The third-order valence-electron chi connectivity index (χ3n) is 2.63. The minimum absolute atomic E-state index is 0.197. The number of aromatic nitrogens is 2. The first-order valence-corrected chi connectivity index (χ1v) is 5.58. The van der Waals surface area contributed by atoms with Gasteiger partial charge in [-0.3, -0.25) is 4.98 Å². The van der Waals surface area contributed by atoms with Gasteiger partial charge in [0.25, 0.3) is 5.82 Å². The Morgan fingerprint density at radius 2 is 2.11 bits per heavy atom. The summed E-state index contributed by atoms with van der Waals surface area (Å²) in [4.78, 5) is 13.6. The van der Waals surface area contributed by atoms with Crippen LogP contribution >= 0.6 is 0 Å². The minimum Gasteiger partial charge on any atom is -0.378 e. The summed E-state index contributed by atoms with van der Waals surface area (Å²) in [5.74, 6) is 0.197. The summed E-state index contributed by atoms with van der Waals surface area (Å²) in [6, 6.07) is 9.00. The van der Waals surface area contributed by atoms with Crippen LogP contribution in [0.3, 0.4) is 0 Å². The highest BCUT2D eigenvalue weighted by Gasteiger charge is 2.11. The number of nitrogens with zero attached hydrogens (tertiary/aromatic N) is 5. The lowest BCUT2D eigenvalue weighted by molar-refractivity contribution is 1.12. The maximum absolute atomic E-state index is 8.80. The average molecular weight is 249 g/mol. The van der Waals surface area contributed by atoms with Crippen LogP contribution in [0.5, 0.6) is 0 Å². The Morgan fingerprint density at radius 1 is 1.32 bits per heavy atom. The normalized spacial score (nSPS) is 9.47. The molecule has 0 fully saturated rings. The fourth-order valence-electron chi connectivity index (χ4n) is 1.64. The van der Waals surface area contributed by atoms with Crippen molar-refractivity contribution in [2.45, 2.75) is 0 Å². The van der Waals surface area contributed by atoms with Gasteiger partial charge < -0.3 is 9.74 Å². The van der Waals surface area contributed by atoms with Crippen LogP contribution in [0.4, 0.5) is 11.5 Å². The molecular weight excluding hydrogens is 238 g/mol. The van der Waals surface area contributed by atoms with Crippen molar-refractivity contribution in [1.29, 1.82) is 5.26 Å². The number of nitriles is 1. The van der Waals surface area contributed by atoms with Gasteiger partial charge in [-0.25, -0.2) is 0 Å². The molecule has 0 atom stereocenters. The van der Waals surface area contributed by atoms with Crippen LogP contribution in [-0.2, 0) is 0 Å². The molecule has 0 N–H and O–H groups in total. The number of rotatable bonds is 2. The monoisotopic (exact) mass is 249 g/mol. The van der Waals surface area contributed by atoms with E-state index in [2.05, 4.69) is 14.8 Å². The fourth-order valence-corrected chi connectivity index (χ4v) is 1.64. The number of anilines is 1. The van der Waals surface area contributed by atoms with Crippen LogP contribution in [0.2, 0.25) is 0 Å². The zero-order valence-electron chi connectivity index (χ0n) is 10.6. The van der Waals surface area contributed by atoms with Gasteiger partial charge in [0.1, 0.15) is 6.07 Å². The second kappa shape index (κ2) is 5.16. The predicted molar refractivity (Wildman–Crippen MR) is 72.8 cm³/mol. The van der Waals surface area contributed by atoms with Gasteiger partial charge in [-0.15, -0.1) is 4.98 Å². The Hall–Kier alpha value is -2.92. The summed E-state index contributed by atoms with van der Waals surface area (Å²) < 4.78 is 0. The predicted octanol–water partition coefficient (Wildman–Crippen LogP) is 2.63. The van der Waals surface area contributed by atoms with Crippen LogP contribution in [0.15, 0.2) is 30.5 Å². The summed E-state index contributed by atoms with van der Waals surface area (Å²) in [6.07, 6.45) is 1.69. The Kier molecular flexibility index (Phi) is 3.40. The van der Waals surface area contributed by atoms with Crippen molar-refractivity contribution in [3.05, 3.63) is 47.6 Å². The largest absolute Gasteiger partial charge is 0.378 e. The number of pyridine rings is 2. The van der Waals surface area contributed by atoms with Crippen LogP contribution in [-0.4, -0.2) is 24.1 Å². The zero-order valence-corrected chi connectivity index (χ0v) is 10.6. The lowest BCUT2D eigenvalue weighted by atomic mass is 10.1. The second-order valence-corrected chi connectivity index (χ2v) is 4.08. The van der Waals surface area contributed by atoms with Gasteiger partial charge in [0.2, 0.25) is 5.69 Å². The van der Waals surface area contributed by atoms with E-state index in [9.17, 15) is 0 Å². The summed E-state index contributed by atoms with van der Waals surface area (Å²) in [5, 5.41) is 8.80. The minimum atomic E-state index is 0.197. The van der Waals surface area contributed by atoms with E-state index in [1.807, 2.05) is 37.2 Å². The molecule has 0 aliphatic carbocycles. The molecule has 0 spiro atoms. The van der Waals surface area contributed by atoms with E-state index in [0.29, 0.717) is 11.3 Å². The third-order valence-corrected chi connectivity index (χ3v) is 2.63. The molecule has 0 radical (unpaired) electrons. The van der Waals surface area contributed by atoms with Crippen LogP contribution < -0.4 is 4.90 Å². The molecule has 2 heterocycles. The summed E-state index contributed by atoms with van der Waals surface area (Å²) in [5.41, 5.74) is 2.54. The van der Waals surface area contributed by atoms with Gasteiger partial charge in [0.05, 0.1) is 5.69 Å². The molecule has 19 heavy (non-hydrogen) atoms. The zero-order chi connectivity index (χ0) is 13.8. The fraction of sp³-hybridized carbons (Fsp3) is 0.143. The van der Waals surface area contributed by atoms with E-state index in [1.165, 1.54) is 0 Å². The van der Waals surface area contributed by atoms with Crippen molar-refractivity contribution < 1.29 is 0 Å². The van der Waals surface area contributed by atoms with E-state index >= 15 is 0 Å². The van der Waals surface area contributed by atoms with Gasteiger partial charge in [-0.1, -0.05) is 12.6 Å². The molecule has 0 saturated carbocycles. The molecule has 5 heteroatoms. The molecule has 2 rings (SSSR count). The Morgan fingerprint density at radius 3 is 2.74 bits per heavy atom. The Bertz CT molecular complexity index is 692. The van der Waals surface area contributed by atoms with Gasteiger partial charge in [-0.2, -0.15) is 5.26 Å². The summed E-state index contributed by atoms with van der Waals surface area (Å²) in [7, 11) is 3.87. The van der Waals surface area contributed by atoms with Crippen molar-refractivity contribution in [1.82, 2.24) is 9.97 Å². The highest BCUT2D eigenvalue weighted by atomic mass is 15.1. The van der Waals surface area contributed by atoms with Gasteiger partial charge in [0.15, 0.2) is 0 Å². The number of hydrogen-bond donors (Lipinski definition) is 0. The second-order valence-electron chi connectivity index (χ2n) is 4.08. The quantitative estimate of drug-likeness (QED) is 0.768. The molecule has 0 aromatic carbocycles. The van der Waals surface area contributed by atoms with Crippen molar-refractivity contribution in [3.63, 3.8) is 0 Å². The molecule has 0 unspecified atom stereocenters. The molecule has 2 aromatic heterocycles. The Labute approximate surface area is 111 Å². The van der Waals surface area contributed by atoms with Crippen molar-refractivity contribution in [3.8, 4) is 17.3 Å². The average Bonchev–Trinajstić information content (AvgIpc) is 2.46. The standard InChI is InChI=1S/C14H11N5/c1-16-14-12(5-4-10(9-15)18-14)13-8-11(19(2)3)6-7-17-13/h4-8H,2-3H3. The first-order valence-electron chi connectivity index (χ1n) is 5.58. The first kappa shape index (κ1) is 12.5. The van der Waals surface area contributed by atoms with Crippen molar-refractivity contribution in [2.75, 3.05) is 19.0 Å². The van der Waals surface area contributed by atoms with Gasteiger partial charge in [0, 0.05) is 31.5 Å². The summed E-state index contributed by atoms with van der Waals surface area (Å²) >= 11 is 0. The third kappa shape index (κ3) is 2.51. The van der Waals surface area contributed by atoms with Crippen molar-refractivity contribution >= 4 is 11.5 Å². The molecule has 92 valence electrons. The van der Waals surface area contributed by atoms with E-state index in [4.69, 9.17) is 11.8 Å². The SMILES string of the molecule is [C-]#[N+]c1nc(C#N)ccc1-c1cc(N(C)C)ccn1. The highest BCUT2D eigenvalue weighted by molar-refractivity contribution is 5.75. The molecule has 0 saturated heterocycles. The maximum atomic E-state index is 8.80. The molecule has 0 bridgehead atoms. The number of hydrogen-bond acceptors (Lipinski definition) is 4.